The lowest BCUT2D eigenvalue weighted by Gasteiger charge is -2.59. The summed E-state index contributed by atoms with van der Waals surface area (Å²) in [5, 5.41) is 14.6. The number of allylic oxidation sites excluding steroid dienone is 1. The second-order valence-electron chi connectivity index (χ2n) is 10.9. The van der Waals surface area contributed by atoms with E-state index in [1.54, 1.807) is 0 Å². The van der Waals surface area contributed by atoms with E-state index in [2.05, 4.69) is 31.9 Å². The third-order valence-corrected chi connectivity index (χ3v) is 9.60. The number of carbonyl (C=O) groups excluding carboxylic acids is 1. The molecule has 29 heavy (non-hydrogen) atoms. The standard InChI is InChI=1S/C25H36N2O2/c1-4-27-15-16(14-26-27)11-17-12-22-20-6-5-18-13-19(28)7-9-24(18,2)21(20)8-10-25(22,3)23(17)29/h11,14-15,18-22,28H,4-10,12-13H2,1-3H3/b17-11-/t18-,19-,20-,21+,22+,24-,25+/m0/s1. The molecule has 4 fully saturated rings. The van der Waals surface area contributed by atoms with Crippen LogP contribution >= 0.6 is 0 Å². The normalized spacial score (nSPS) is 45.7. The summed E-state index contributed by atoms with van der Waals surface area (Å²) >= 11 is 0. The predicted octanol–water partition coefficient (Wildman–Crippen LogP) is 4.87. The second kappa shape index (κ2) is 6.80. The molecule has 0 saturated heterocycles. The molecule has 4 heteroatoms. The largest absolute Gasteiger partial charge is 0.393 e. The Morgan fingerprint density at radius 1 is 1.21 bits per heavy atom. The second-order valence-corrected chi connectivity index (χ2v) is 10.9. The van der Waals surface area contributed by atoms with Crippen molar-refractivity contribution in [2.75, 3.05) is 0 Å². The van der Waals surface area contributed by atoms with Gasteiger partial charge in [-0.05, 0) is 99.0 Å². The summed E-state index contributed by atoms with van der Waals surface area (Å²) in [6.45, 7) is 7.71. The highest BCUT2D eigenvalue weighted by Crippen LogP contribution is 2.66. The molecule has 4 saturated carbocycles. The van der Waals surface area contributed by atoms with Gasteiger partial charge in [0, 0.05) is 23.7 Å². The summed E-state index contributed by atoms with van der Waals surface area (Å²) in [7, 11) is 0. The average Bonchev–Trinajstić information content (AvgIpc) is 3.26. The molecule has 1 heterocycles. The first-order valence-corrected chi connectivity index (χ1v) is 11.8. The molecule has 158 valence electrons. The Kier molecular flexibility index (Phi) is 4.58. The van der Waals surface area contributed by atoms with Crippen molar-refractivity contribution in [2.24, 2.45) is 34.5 Å². The summed E-state index contributed by atoms with van der Waals surface area (Å²) < 4.78 is 1.93. The third-order valence-electron chi connectivity index (χ3n) is 9.60. The van der Waals surface area contributed by atoms with Crippen molar-refractivity contribution in [1.82, 2.24) is 9.78 Å². The van der Waals surface area contributed by atoms with Crippen LogP contribution in [-0.4, -0.2) is 26.8 Å². The number of aliphatic hydroxyl groups excluding tert-OH is 1. The van der Waals surface area contributed by atoms with Crippen LogP contribution in [0, 0.1) is 34.5 Å². The summed E-state index contributed by atoms with van der Waals surface area (Å²) in [5.74, 6) is 2.95. The first-order valence-electron chi connectivity index (χ1n) is 11.8. The van der Waals surface area contributed by atoms with Gasteiger partial charge in [-0.2, -0.15) is 5.10 Å². The van der Waals surface area contributed by atoms with Crippen LogP contribution in [0.15, 0.2) is 18.0 Å². The highest BCUT2D eigenvalue weighted by atomic mass is 16.3. The Bertz CT molecular complexity index is 842. The summed E-state index contributed by atoms with van der Waals surface area (Å²) in [6, 6.07) is 0. The van der Waals surface area contributed by atoms with Crippen molar-refractivity contribution in [1.29, 1.82) is 0 Å². The van der Waals surface area contributed by atoms with Crippen molar-refractivity contribution in [2.45, 2.75) is 84.8 Å². The van der Waals surface area contributed by atoms with Gasteiger partial charge in [0.15, 0.2) is 5.78 Å². The third kappa shape index (κ3) is 2.89. The molecule has 0 bridgehead atoms. The molecule has 0 aromatic carbocycles. The summed E-state index contributed by atoms with van der Waals surface area (Å²) in [5.41, 5.74) is 2.28. The van der Waals surface area contributed by atoms with Gasteiger partial charge in [0.05, 0.1) is 12.3 Å². The molecule has 0 unspecified atom stereocenters. The quantitative estimate of drug-likeness (QED) is 0.726. The van der Waals surface area contributed by atoms with Crippen molar-refractivity contribution in [3.63, 3.8) is 0 Å². The van der Waals surface area contributed by atoms with Crippen LogP contribution in [0.3, 0.4) is 0 Å². The Morgan fingerprint density at radius 3 is 2.79 bits per heavy atom. The number of hydrogen-bond donors (Lipinski definition) is 1. The van der Waals surface area contributed by atoms with Gasteiger partial charge in [0.25, 0.3) is 0 Å². The van der Waals surface area contributed by atoms with E-state index in [9.17, 15) is 9.90 Å². The van der Waals surface area contributed by atoms with Gasteiger partial charge in [0.2, 0.25) is 0 Å². The zero-order valence-corrected chi connectivity index (χ0v) is 18.2. The van der Waals surface area contributed by atoms with E-state index >= 15 is 0 Å². The molecular weight excluding hydrogens is 360 g/mol. The van der Waals surface area contributed by atoms with Crippen molar-refractivity contribution < 1.29 is 9.90 Å². The first-order chi connectivity index (χ1) is 13.8. The number of aliphatic hydroxyl groups is 1. The number of carbonyl (C=O) groups is 1. The maximum atomic E-state index is 13.5. The van der Waals surface area contributed by atoms with Crippen molar-refractivity contribution in [3.8, 4) is 0 Å². The van der Waals surface area contributed by atoms with Gasteiger partial charge in [-0.3, -0.25) is 9.48 Å². The minimum atomic E-state index is -0.175. The fourth-order valence-electron chi connectivity index (χ4n) is 7.86. The number of fused-ring (bicyclic) bond motifs is 5. The molecular formula is C25H36N2O2. The van der Waals surface area contributed by atoms with E-state index < -0.39 is 0 Å². The molecule has 4 aliphatic rings. The highest BCUT2D eigenvalue weighted by Gasteiger charge is 2.61. The molecule has 4 nitrogen and oxygen atoms in total. The number of ketones is 1. The van der Waals surface area contributed by atoms with Gasteiger partial charge in [-0.15, -0.1) is 0 Å². The lowest BCUT2D eigenvalue weighted by molar-refractivity contribution is -0.141. The van der Waals surface area contributed by atoms with Crippen molar-refractivity contribution >= 4 is 11.9 Å². The summed E-state index contributed by atoms with van der Waals surface area (Å²) in [4.78, 5) is 13.5. The molecule has 0 spiro atoms. The average molecular weight is 397 g/mol. The number of Topliss-reactive ketones (excluding diaryl/α,β-unsaturated/α-hetero) is 1. The Hall–Kier alpha value is -1.42. The highest BCUT2D eigenvalue weighted by molar-refractivity contribution is 6.05. The van der Waals surface area contributed by atoms with Gasteiger partial charge in [-0.1, -0.05) is 13.8 Å². The summed E-state index contributed by atoms with van der Waals surface area (Å²) in [6.07, 6.45) is 14.7. The maximum absolute atomic E-state index is 13.5. The van der Waals surface area contributed by atoms with E-state index in [0.717, 1.165) is 55.7 Å². The molecule has 1 N–H and O–H groups in total. The van der Waals surface area contributed by atoms with E-state index in [1.807, 2.05) is 17.1 Å². The van der Waals surface area contributed by atoms with Crippen LogP contribution in [0.4, 0.5) is 0 Å². The molecule has 0 amide bonds. The fourth-order valence-corrected chi connectivity index (χ4v) is 7.86. The first kappa shape index (κ1) is 19.5. The van der Waals surface area contributed by atoms with Crippen LogP contribution in [0.1, 0.15) is 77.7 Å². The minimum absolute atomic E-state index is 0.0925. The van der Waals surface area contributed by atoms with E-state index in [1.165, 1.54) is 19.3 Å². The Labute approximate surface area is 174 Å². The fraction of sp³-hybridized carbons (Fsp3) is 0.760. The number of aromatic nitrogens is 2. The minimum Gasteiger partial charge on any atom is -0.393 e. The van der Waals surface area contributed by atoms with Gasteiger partial charge < -0.3 is 5.11 Å². The lowest BCUT2D eigenvalue weighted by Crippen LogP contribution is -2.54. The molecule has 4 aliphatic carbocycles. The van der Waals surface area contributed by atoms with Crippen LogP contribution < -0.4 is 0 Å². The van der Waals surface area contributed by atoms with E-state index in [-0.39, 0.29) is 11.5 Å². The molecule has 0 radical (unpaired) electrons. The van der Waals surface area contributed by atoms with Crippen LogP contribution in [0.5, 0.6) is 0 Å². The zero-order valence-electron chi connectivity index (χ0n) is 18.2. The van der Waals surface area contributed by atoms with Gasteiger partial charge in [0.1, 0.15) is 0 Å². The lowest BCUT2D eigenvalue weighted by atomic mass is 9.45. The zero-order chi connectivity index (χ0) is 20.4. The number of hydrogen-bond acceptors (Lipinski definition) is 3. The van der Waals surface area contributed by atoms with Gasteiger partial charge in [-0.25, -0.2) is 0 Å². The SMILES string of the molecule is CCn1cc(/C=C2/C[C@@H]3[C@H]4CC[C@H]5C[C@@H](O)CC[C@]5(C)[C@@H]4CC[C@@]3(C)C2=O)cn1. The van der Waals surface area contributed by atoms with E-state index in [4.69, 9.17) is 0 Å². The molecule has 1 aromatic heterocycles. The van der Waals surface area contributed by atoms with Crippen LogP contribution in [0.25, 0.3) is 6.08 Å². The van der Waals surface area contributed by atoms with Gasteiger partial charge >= 0.3 is 0 Å². The smallest absolute Gasteiger partial charge is 0.165 e. The number of rotatable bonds is 2. The van der Waals surface area contributed by atoms with Crippen LogP contribution in [0.2, 0.25) is 0 Å². The van der Waals surface area contributed by atoms with Crippen molar-refractivity contribution in [3.05, 3.63) is 23.5 Å². The maximum Gasteiger partial charge on any atom is 0.165 e. The number of aryl methyl sites for hydroxylation is 1. The molecule has 7 atom stereocenters. The monoisotopic (exact) mass is 396 g/mol. The Balaban J connectivity index is 1.43. The predicted molar refractivity (Wildman–Crippen MR) is 114 cm³/mol. The van der Waals surface area contributed by atoms with Crippen LogP contribution in [-0.2, 0) is 11.3 Å². The number of nitrogens with zero attached hydrogens (tertiary/aromatic N) is 2. The Morgan fingerprint density at radius 2 is 2.03 bits per heavy atom. The van der Waals surface area contributed by atoms with E-state index in [0.29, 0.717) is 29.0 Å². The molecule has 5 rings (SSSR count). The topological polar surface area (TPSA) is 55.1 Å². The molecule has 1 aromatic rings. The molecule has 0 aliphatic heterocycles.